The van der Waals surface area contributed by atoms with Gasteiger partial charge in [0.05, 0.1) is 4.90 Å². The second kappa shape index (κ2) is 7.00. The van der Waals surface area contributed by atoms with Crippen LogP contribution in [0.3, 0.4) is 0 Å². The molecule has 0 aromatic heterocycles. The van der Waals surface area contributed by atoms with E-state index in [9.17, 15) is 12.8 Å². The van der Waals surface area contributed by atoms with Crippen molar-refractivity contribution in [1.82, 2.24) is 9.62 Å². The van der Waals surface area contributed by atoms with E-state index in [4.69, 9.17) is 0 Å². The van der Waals surface area contributed by atoms with Gasteiger partial charge in [-0.05, 0) is 43.9 Å². The summed E-state index contributed by atoms with van der Waals surface area (Å²) in [7, 11) is 0.0742. The van der Waals surface area contributed by atoms with Crippen molar-refractivity contribution in [3.63, 3.8) is 0 Å². The van der Waals surface area contributed by atoms with Crippen LogP contribution in [-0.2, 0) is 10.0 Å². The van der Waals surface area contributed by atoms with Crippen molar-refractivity contribution in [2.24, 2.45) is 0 Å². The Hall–Kier alpha value is -1.76. The predicted molar refractivity (Wildman–Crippen MR) is 84.5 cm³/mol. The molecule has 0 aliphatic heterocycles. The average molecular weight is 322 g/mol. The summed E-state index contributed by atoms with van der Waals surface area (Å²) in [5.41, 5.74) is 0.723. The van der Waals surface area contributed by atoms with Gasteiger partial charge in [0.15, 0.2) is 0 Å². The van der Waals surface area contributed by atoms with E-state index in [0.29, 0.717) is 0 Å². The monoisotopic (exact) mass is 322 g/mol. The number of hydrogen-bond donors (Lipinski definition) is 1. The quantitative estimate of drug-likeness (QED) is 0.888. The minimum absolute atomic E-state index is 0.160. The summed E-state index contributed by atoms with van der Waals surface area (Å²) >= 11 is 0. The molecule has 0 spiro atoms. The molecule has 1 N–H and O–H groups in total. The number of benzene rings is 2. The first-order chi connectivity index (χ1) is 10.4. The van der Waals surface area contributed by atoms with Crippen LogP contribution in [0.2, 0.25) is 0 Å². The first-order valence-corrected chi connectivity index (χ1v) is 8.35. The van der Waals surface area contributed by atoms with Crippen molar-refractivity contribution in [3.8, 4) is 0 Å². The third kappa shape index (κ3) is 4.13. The van der Waals surface area contributed by atoms with Crippen molar-refractivity contribution in [3.05, 3.63) is 66.0 Å². The van der Waals surface area contributed by atoms with E-state index in [-0.39, 0.29) is 23.3 Å². The molecule has 0 unspecified atom stereocenters. The summed E-state index contributed by atoms with van der Waals surface area (Å²) in [5.74, 6) is -0.338. The van der Waals surface area contributed by atoms with Crippen LogP contribution in [0.4, 0.5) is 4.39 Å². The molecule has 0 aliphatic carbocycles. The molecule has 2 aromatic carbocycles. The van der Waals surface area contributed by atoms with E-state index in [1.807, 2.05) is 19.0 Å². The Morgan fingerprint density at radius 3 is 2.36 bits per heavy atom. The molecule has 22 heavy (non-hydrogen) atoms. The number of hydrogen-bond acceptors (Lipinski definition) is 3. The molecule has 0 bridgehead atoms. The summed E-state index contributed by atoms with van der Waals surface area (Å²) in [5, 5.41) is 0. The molecule has 2 rings (SSSR count). The lowest BCUT2D eigenvalue weighted by molar-refractivity contribution is 0.299. The van der Waals surface area contributed by atoms with E-state index in [1.165, 1.54) is 24.3 Å². The molecule has 6 heteroatoms. The van der Waals surface area contributed by atoms with Gasteiger partial charge in [-0.1, -0.05) is 30.3 Å². The van der Waals surface area contributed by atoms with E-state index in [2.05, 4.69) is 4.72 Å². The normalized spacial score (nSPS) is 13.3. The van der Waals surface area contributed by atoms with Crippen LogP contribution >= 0.6 is 0 Å². The third-order valence-corrected chi connectivity index (χ3v) is 4.82. The highest BCUT2D eigenvalue weighted by Crippen LogP contribution is 2.19. The fraction of sp³-hybridized carbons (Fsp3) is 0.250. The molecule has 0 aliphatic rings. The van der Waals surface area contributed by atoms with Crippen LogP contribution in [0.15, 0.2) is 59.5 Å². The predicted octanol–water partition coefficient (Wildman–Crippen LogP) is 2.41. The molecule has 0 fully saturated rings. The minimum Gasteiger partial charge on any atom is -0.301 e. The van der Waals surface area contributed by atoms with Gasteiger partial charge in [0, 0.05) is 12.6 Å². The largest absolute Gasteiger partial charge is 0.301 e. The third-order valence-electron chi connectivity index (χ3n) is 3.38. The van der Waals surface area contributed by atoms with Gasteiger partial charge in [0.2, 0.25) is 10.0 Å². The molecule has 0 saturated carbocycles. The maximum atomic E-state index is 13.4. The molecular formula is C16H19FN2O2S. The second-order valence-corrected chi connectivity index (χ2v) is 6.97. The van der Waals surface area contributed by atoms with E-state index in [0.717, 1.165) is 5.56 Å². The van der Waals surface area contributed by atoms with Crippen LogP contribution < -0.4 is 4.72 Å². The van der Waals surface area contributed by atoms with Crippen molar-refractivity contribution < 1.29 is 12.8 Å². The number of likely N-dealkylation sites (N-methyl/N-ethyl adjacent to an activating group) is 1. The lowest BCUT2D eigenvalue weighted by atomic mass is 10.1. The van der Waals surface area contributed by atoms with Gasteiger partial charge in [-0.2, -0.15) is 0 Å². The molecule has 4 nitrogen and oxygen atoms in total. The van der Waals surface area contributed by atoms with E-state index in [1.54, 1.807) is 30.3 Å². The lowest BCUT2D eigenvalue weighted by Gasteiger charge is -2.25. The van der Waals surface area contributed by atoms with Gasteiger partial charge in [-0.3, -0.25) is 0 Å². The zero-order chi connectivity index (χ0) is 16.2. The van der Waals surface area contributed by atoms with Crippen molar-refractivity contribution >= 4 is 10.0 Å². The Bertz CT molecular complexity index is 718. The zero-order valence-corrected chi connectivity index (χ0v) is 13.3. The standard InChI is InChI=1S/C16H19FN2O2S/c1-19(2)16(13-7-6-8-14(17)11-13)12-18-22(20,21)15-9-4-3-5-10-15/h3-11,16,18H,12H2,1-2H3/t16-/m0/s1. The Morgan fingerprint density at radius 1 is 1.09 bits per heavy atom. The van der Waals surface area contributed by atoms with Gasteiger partial charge < -0.3 is 4.90 Å². The average Bonchev–Trinajstić information content (AvgIpc) is 2.48. The molecule has 0 radical (unpaired) electrons. The van der Waals surface area contributed by atoms with Crippen LogP contribution in [0, 0.1) is 5.82 Å². The summed E-state index contributed by atoms with van der Waals surface area (Å²) in [6.45, 7) is 0.160. The van der Waals surface area contributed by atoms with Crippen molar-refractivity contribution in [2.45, 2.75) is 10.9 Å². The summed E-state index contributed by atoms with van der Waals surface area (Å²) in [6, 6.07) is 14.1. The fourth-order valence-corrected chi connectivity index (χ4v) is 3.24. The number of nitrogens with one attached hydrogen (secondary N) is 1. The highest BCUT2D eigenvalue weighted by molar-refractivity contribution is 7.89. The smallest absolute Gasteiger partial charge is 0.240 e. The maximum Gasteiger partial charge on any atom is 0.240 e. The summed E-state index contributed by atoms with van der Waals surface area (Å²) in [6.07, 6.45) is 0. The SMILES string of the molecule is CN(C)[C@@H](CNS(=O)(=O)c1ccccc1)c1cccc(F)c1. The molecule has 1 atom stereocenters. The first kappa shape index (κ1) is 16.6. The van der Waals surface area contributed by atoms with Crippen LogP contribution in [-0.4, -0.2) is 34.0 Å². The minimum atomic E-state index is -3.58. The maximum absolute atomic E-state index is 13.4. The number of nitrogens with zero attached hydrogens (tertiary/aromatic N) is 1. The van der Waals surface area contributed by atoms with E-state index >= 15 is 0 Å². The molecule has 0 heterocycles. The van der Waals surface area contributed by atoms with Gasteiger partial charge in [0.1, 0.15) is 5.82 Å². The van der Waals surface area contributed by atoms with Gasteiger partial charge >= 0.3 is 0 Å². The summed E-state index contributed by atoms with van der Waals surface area (Å²) in [4.78, 5) is 2.06. The Balaban J connectivity index is 2.16. The molecule has 0 amide bonds. The molecule has 118 valence electrons. The summed E-state index contributed by atoms with van der Waals surface area (Å²) < 4.78 is 40.5. The molecule has 2 aromatic rings. The first-order valence-electron chi connectivity index (χ1n) is 6.87. The highest BCUT2D eigenvalue weighted by atomic mass is 32.2. The van der Waals surface area contributed by atoms with Crippen molar-refractivity contribution in [2.75, 3.05) is 20.6 Å². The van der Waals surface area contributed by atoms with Crippen LogP contribution in [0.5, 0.6) is 0 Å². The molecular weight excluding hydrogens is 303 g/mol. The van der Waals surface area contributed by atoms with E-state index < -0.39 is 10.0 Å². The number of sulfonamides is 1. The number of halogens is 1. The van der Waals surface area contributed by atoms with Gasteiger partial charge in [-0.25, -0.2) is 17.5 Å². The highest BCUT2D eigenvalue weighted by Gasteiger charge is 2.19. The molecule has 0 saturated heterocycles. The van der Waals surface area contributed by atoms with Crippen LogP contribution in [0.1, 0.15) is 11.6 Å². The Labute approximate surface area is 130 Å². The Morgan fingerprint density at radius 2 is 1.77 bits per heavy atom. The Kier molecular flexibility index (Phi) is 5.28. The topological polar surface area (TPSA) is 49.4 Å². The van der Waals surface area contributed by atoms with Gasteiger partial charge in [-0.15, -0.1) is 0 Å². The van der Waals surface area contributed by atoms with Crippen LogP contribution in [0.25, 0.3) is 0 Å². The van der Waals surface area contributed by atoms with Crippen molar-refractivity contribution in [1.29, 1.82) is 0 Å². The zero-order valence-electron chi connectivity index (χ0n) is 12.5. The number of rotatable bonds is 6. The lowest BCUT2D eigenvalue weighted by Crippen LogP contribution is -2.34. The van der Waals surface area contributed by atoms with Gasteiger partial charge in [0.25, 0.3) is 0 Å². The fourth-order valence-electron chi connectivity index (χ4n) is 2.18. The second-order valence-electron chi connectivity index (χ2n) is 5.20.